The lowest BCUT2D eigenvalue weighted by Crippen LogP contribution is -2.12. The molecule has 2 rings (SSSR count). The number of carbonyl (C=O) groups excluding carboxylic acids is 2. The molecule has 19 heavy (non-hydrogen) atoms. The SMILES string of the molecule is COC(=O)Cc1ccc(NC(=O)c2cnc[nH]2)cc1. The van der Waals surface area contributed by atoms with Gasteiger partial charge in [0.25, 0.3) is 5.91 Å². The van der Waals surface area contributed by atoms with E-state index in [2.05, 4.69) is 20.0 Å². The molecule has 0 unspecified atom stereocenters. The second-order valence-electron chi connectivity index (χ2n) is 3.87. The van der Waals surface area contributed by atoms with Gasteiger partial charge in [-0.3, -0.25) is 9.59 Å². The smallest absolute Gasteiger partial charge is 0.309 e. The number of benzene rings is 1. The fraction of sp³-hybridized carbons (Fsp3) is 0.154. The molecule has 0 saturated heterocycles. The summed E-state index contributed by atoms with van der Waals surface area (Å²) in [6, 6.07) is 6.98. The van der Waals surface area contributed by atoms with Gasteiger partial charge in [0.15, 0.2) is 0 Å². The number of methoxy groups -OCH3 is 1. The lowest BCUT2D eigenvalue weighted by atomic mass is 10.1. The van der Waals surface area contributed by atoms with Crippen LogP contribution in [0.1, 0.15) is 16.1 Å². The van der Waals surface area contributed by atoms with E-state index in [0.717, 1.165) is 5.56 Å². The van der Waals surface area contributed by atoms with Crippen LogP contribution in [0.5, 0.6) is 0 Å². The molecule has 6 heteroatoms. The molecule has 6 nitrogen and oxygen atoms in total. The topological polar surface area (TPSA) is 84.1 Å². The molecule has 0 aliphatic heterocycles. The van der Waals surface area contributed by atoms with E-state index in [-0.39, 0.29) is 18.3 Å². The number of esters is 1. The monoisotopic (exact) mass is 259 g/mol. The number of hydrogen-bond donors (Lipinski definition) is 2. The Hall–Kier alpha value is -2.63. The number of hydrogen-bond acceptors (Lipinski definition) is 4. The van der Waals surface area contributed by atoms with Gasteiger partial charge >= 0.3 is 5.97 Å². The molecule has 1 aromatic carbocycles. The van der Waals surface area contributed by atoms with Gasteiger partial charge in [-0.2, -0.15) is 0 Å². The van der Waals surface area contributed by atoms with Gasteiger partial charge in [-0.15, -0.1) is 0 Å². The summed E-state index contributed by atoms with van der Waals surface area (Å²) in [5.74, 6) is -0.563. The standard InChI is InChI=1S/C13H13N3O3/c1-19-12(17)6-9-2-4-10(5-3-9)16-13(18)11-7-14-8-15-11/h2-5,7-8H,6H2,1H3,(H,14,15)(H,16,18). The number of carbonyl (C=O) groups is 2. The Kier molecular flexibility index (Phi) is 3.92. The molecular weight excluding hydrogens is 246 g/mol. The summed E-state index contributed by atoms with van der Waals surface area (Å²) in [7, 11) is 1.35. The van der Waals surface area contributed by atoms with E-state index in [0.29, 0.717) is 11.4 Å². The first-order valence-electron chi connectivity index (χ1n) is 5.64. The quantitative estimate of drug-likeness (QED) is 0.812. The van der Waals surface area contributed by atoms with Crippen molar-refractivity contribution in [2.45, 2.75) is 6.42 Å². The number of imidazole rings is 1. The predicted molar refractivity (Wildman–Crippen MR) is 68.7 cm³/mol. The summed E-state index contributed by atoms with van der Waals surface area (Å²) in [5, 5.41) is 2.71. The van der Waals surface area contributed by atoms with Crippen molar-refractivity contribution in [2.24, 2.45) is 0 Å². The molecule has 0 atom stereocenters. The second-order valence-corrected chi connectivity index (χ2v) is 3.87. The summed E-state index contributed by atoms with van der Waals surface area (Å²) in [6.45, 7) is 0. The van der Waals surface area contributed by atoms with Crippen molar-refractivity contribution in [3.05, 3.63) is 48.0 Å². The van der Waals surface area contributed by atoms with Crippen molar-refractivity contribution in [2.75, 3.05) is 12.4 Å². The molecule has 1 amide bonds. The van der Waals surface area contributed by atoms with Crippen molar-refractivity contribution in [3.8, 4) is 0 Å². The molecule has 0 aliphatic carbocycles. The van der Waals surface area contributed by atoms with Crippen LogP contribution >= 0.6 is 0 Å². The van der Waals surface area contributed by atoms with Gasteiger partial charge in [0.1, 0.15) is 5.69 Å². The molecule has 0 saturated carbocycles. The second kappa shape index (κ2) is 5.81. The molecule has 98 valence electrons. The molecule has 0 fully saturated rings. The van der Waals surface area contributed by atoms with E-state index in [4.69, 9.17) is 0 Å². The first-order chi connectivity index (χ1) is 9.19. The third-order valence-electron chi connectivity index (χ3n) is 2.53. The number of rotatable bonds is 4. The Morgan fingerprint density at radius 2 is 2.05 bits per heavy atom. The molecule has 2 N–H and O–H groups in total. The van der Waals surface area contributed by atoms with Gasteiger partial charge in [-0.25, -0.2) is 4.98 Å². The number of aromatic amines is 1. The largest absolute Gasteiger partial charge is 0.469 e. The third-order valence-corrected chi connectivity index (χ3v) is 2.53. The van der Waals surface area contributed by atoms with Crippen molar-refractivity contribution >= 4 is 17.6 Å². The van der Waals surface area contributed by atoms with Gasteiger partial charge in [-0.1, -0.05) is 12.1 Å². The van der Waals surface area contributed by atoms with Crippen LogP contribution in [-0.4, -0.2) is 29.0 Å². The Bertz CT molecular complexity index is 561. The average Bonchev–Trinajstić information content (AvgIpc) is 2.95. The van der Waals surface area contributed by atoms with E-state index < -0.39 is 0 Å². The number of aromatic nitrogens is 2. The van der Waals surface area contributed by atoms with Crippen LogP contribution in [0.25, 0.3) is 0 Å². The zero-order chi connectivity index (χ0) is 13.7. The average molecular weight is 259 g/mol. The maximum atomic E-state index is 11.7. The Morgan fingerprint density at radius 3 is 2.63 bits per heavy atom. The number of ether oxygens (including phenoxy) is 1. The lowest BCUT2D eigenvalue weighted by Gasteiger charge is -2.05. The number of nitrogens with zero attached hydrogens (tertiary/aromatic N) is 1. The molecule has 2 aromatic rings. The fourth-order valence-electron chi connectivity index (χ4n) is 1.52. The molecular formula is C13H13N3O3. The van der Waals surface area contributed by atoms with E-state index >= 15 is 0 Å². The highest BCUT2D eigenvalue weighted by molar-refractivity contribution is 6.02. The Morgan fingerprint density at radius 1 is 1.32 bits per heavy atom. The first kappa shape index (κ1) is 12.8. The minimum atomic E-state index is -0.297. The summed E-state index contributed by atoms with van der Waals surface area (Å²) in [4.78, 5) is 29.3. The van der Waals surface area contributed by atoms with Crippen molar-refractivity contribution < 1.29 is 14.3 Å². The van der Waals surface area contributed by atoms with E-state index in [1.807, 2.05) is 0 Å². The summed E-state index contributed by atoms with van der Waals surface area (Å²) in [6.07, 6.45) is 3.10. The van der Waals surface area contributed by atoms with E-state index in [9.17, 15) is 9.59 Å². The van der Waals surface area contributed by atoms with Gasteiger partial charge in [0, 0.05) is 5.69 Å². The highest BCUT2D eigenvalue weighted by Crippen LogP contribution is 2.11. The third kappa shape index (κ3) is 3.41. The molecule has 0 aliphatic rings. The summed E-state index contributed by atoms with van der Waals surface area (Å²) >= 11 is 0. The van der Waals surface area contributed by atoms with Crippen LogP contribution in [0.4, 0.5) is 5.69 Å². The minimum Gasteiger partial charge on any atom is -0.469 e. The zero-order valence-corrected chi connectivity index (χ0v) is 10.3. The van der Waals surface area contributed by atoms with Crippen molar-refractivity contribution in [1.82, 2.24) is 9.97 Å². The molecule has 1 aromatic heterocycles. The maximum absolute atomic E-state index is 11.7. The highest BCUT2D eigenvalue weighted by Gasteiger charge is 2.07. The highest BCUT2D eigenvalue weighted by atomic mass is 16.5. The number of nitrogens with one attached hydrogen (secondary N) is 2. The Labute approximate surface area is 109 Å². The number of H-pyrrole nitrogens is 1. The molecule has 0 bridgehead atoms. The molecule has 0 radical (unpaired) electrons. The van der Waals surface area contributed by atoms with Crippen LogP contribution in [0.15, 0.2) is 36.8 Å². The van der Waals surface area contributed by atoms with Gasteiger partial charge in [-0.05, 0) is 17.7 Å². The van der Waals surface area contributed by atoms with Gasteiger partial charge in [0.2, 0.25) is 0 Å². The van der Waals surface area contributed by atoms with Gasteiger partial charge in [0.05, 0.1) is 26.1 Å². The van der Waals surface area contributed by atoms with Crippen molar-refractivity contribution in [1.29, 1.82) is 0 Å². The molecule has 1 heterocycles. The predicted octanol–water partition coefficient (Wildman–Crippen LogP) is 1.38. The van der Waals surface area contributed by atoms with E-state index in [1.165, 1.54) is 19.6 Å². The van der Waals surface area contributed by atoms with Crippen molar-refractivity contribution in [3.63, 3.8) is 0 Å². The minimum absolute atomic E-state index is 0.214. The molecule has 0 spiro atoms. The number of amides is 1. The summed E-state index contributed by atoms with van der Waals surface area (Å²) < 4.78 is 4.58. The van der Waals surface area contributed by atoms with Crippen LogP contribution < -0.4 is 5.32 Å². The maximum Gasteiger partial charge on any atom is 0.309 e. The first-order valence-corrected chi connectivity index (χ1v) is 5.64. The Balaban J connectivity index is 1.99. The lowest BCUT2D eigenvalue weighted by molar-refractivity contribution is -0.139. The fourth-order valence-corrected chi connectivity index (χ4v) is 1.52. The van der Waals surface area contributed by atoms with Crippen LogP contribution in [0.2, 0.25) is 0 Å². The van der Waals surface area contributed by atoms with Gasteiger partial charge < -0.3 is 15.0 Å². The number of anilines is 1. The van der Waals surface area contributed by atoms with Crippen LogP contribution in [-0.2, 0) is 16.0 Å². The van der Waals surface area contributed by atoms with Crippen LogP contribution in [0, 0.1) is 0 Å². The van der Waals surface area contributed by atoms with Crippen LogP contribution in [0.3, 0.4) is 0 Å². The van der Waals surface area contributed by atoms with E-state index in [1.54, 1.807) is 24.3 Å². The normalized spacial score (nSPS) is 9.95. The summed E-state index contributed by atoms with van der Waals surface area (Å²) in [5.41, 5.74) is 1.86. The zero-order valence-electron chi connectivity index (χ0n) is 10.3.